The van der Waals surface area contributed by atoms with Crippen LogP contribution in [0.1, 0.15) is 24.8 Å². The lowest BCUT2D eigenvalue weighted by atomic mass is 10.0. The van der Waals surface area contributed by atoms with Gasteiger partial charge in [-0.3, -0.25) is 10.1 Å². The van der Waals surface area contributed by atoms with Crippen LogP contribution in [0.2, 0.25) is 0 Å². The molecule has 0 bridgehead atoms. The van der Waals surface area contributed by atoms with Gasteiger partial charge in [-0.25, -0.2) is 0 Å². The predicted octanol–water partition coefficient (Wildman–Crippen LogP) is 2.31. The van der Waals surface area contributed by atoms with E-state index >= 15 is 0 Å². The number of aliphatic hydroxyl groups excluding tert-OH is 1. The molecule has 0 radical (unpaired) electrons. The minimum Gasteiger partial charge on any atom is -0.496 e. The van der Waals surface area contributed by atoms with Gasteiger partial charge in [-0.05, 0) is 37.7 Å². The largest absolute Gasteiger partial charge is 0.496 e. The lowest BCUT2D eigenvalue weighted by molar-refractivity contribution is -0.384. The van der Waals surface area contributed by atoms with Crippen LogP contribution in [0.25, 0.3) is 0 Å². The number of nitrogens with zero attached hydrogens (tertiary/aromatic N) is 1. The summed E-state index contributed by atoms with van der Waals surface area (Å²) in [7, 11) is 1.54. The number of aliphatic hydroxyl groups is 1. The second-order valence-electron chi connectivity index (χ2n) is 4.70. The van der Waals surface area contributed by atoms with E-state index in [2.05, 4.69) is 0 Å². The molecule has 1 fully saturated rings. The van der Waals surface area contributed by atoms with Gasteiger partial charge >= 0.3 is 0 Å². The molecule has 1 aromatic rings. The Bertz CT molecular complexity index is 443. The average Bonchev–Trinajstić information content (AvgIpc) is 3.19. The maximum atomic E-state index is 10.7. The molecule has 18 heavy (non-hydrogen) atoms. The highest BCUT2D eigenvalue weighted by atomic mass is 16.6. The maximum absolute atomic E-state index is 10.7. The first-order valence-electron chi connectivity index (χ1n) is 6.11. The lowest BCUT2D eigenvalue weighted by Crippen LogP contribution is -2.10. The fourth-order valence-corrected chi connectivity index (χ4v) is 2.09. The highest BCUT2D eigenvalue weighted by Crippen LogP contribution is 2.35. The Morgan fingerprint density at radius 2 is 2.28 bits per heavy atom. The van der Waals surface area contributed by atoms with Crippen molar-refractivity contribution in [3.63, 3.8) is 0 Å². The van der Waals surface area contributed by atoms with Crippen molar-refractivity contribution < 1.29 is 14.8 Å². The third-order valence-electron chi connectivity index (χ3n) is 3.35. The van der Waals surface area contributed by atoms with Crippen LogP contribution < -0.4 is 4.74 Å². The minimum atomic E-state index is -0.416. The summed E-state index contributed by atoms with van der Waals surface area (Å²) in [5.74, 6) is 1.07. The molecule has 1 aliphatic rings. The van der Waals surface area contributed by atoms with Gasteiger partial charge in [0.25, 0.3) is 5.69 Å². The molecule has 2 rings (SSSR count). The Kier molecular flexibility index (Phi) is 3.81. The van der Waals surface area contributed by atoms with Crippen LogP contribution in [0.4, 0.5) is 5.69 Å². The van der Waals surface area contributed by atoms with E-state index in [0.717, 1.165) is 18.4 Å². The first kappa shape index (κ1) is 12.8. The van der Waals surface area contributed by atoms with Gasteiger partial charge in [-0.1, -0.05) is 0 Å². The van der Waals surface area contributed by atoms with Crippen LogP contribution in [0.5, 0.6) is 5.75 Å². The summed E-state index contributed by atoms with van der Waals surface area (Å²) in [5, 5.41) is 20.5. The van der Waals surface area contributed by atoms with E-state index in [0.29, 0.717) is 24.5 Å². The van der Waals surface area contributed by atoms with E-state index in [1.54, 1.807) is 13.2 Å². The van der Waals surface area contributed by atoms with Crippen molar-refractivity contribution >= 4 is 5.69 Å². The average molecular weight is 251 g/mol. The van der Waals surface area contributed by atoms with Crippen molar-refractivity contribution in [2.45, 2.75) is 31.8 Å². The number of aryl methyl sites for hydroxylation is 1. The Morgan fingerprint density at radius 1 is 1.56 bits per heavy atom. The predicted molar refractivity (Wildman–Crippen MR) is 66.7 cm³/mol. The smallest absolute Gasteiger partial charge is 0.269 e. The fraction of sp³-hybridized carbons (Fsp3) is 0.538. The van der Waals surface area contributed by atoms with Crippen LogP contribution in [0.3, 0.4) is 0 Å². The number of nitro groups is 1. The SMILES string of the molecule is COc1ccc([N+](=O)[O-])cc1CCC(O)C1CC1. The summed E-state index contributed by atoms with van der Waals surface area (Å²) >= 11 is 0. The summed E-state index contributed by atoms with van der Waals surface area (Å²) in [6.07, 6.45) is 3.11. The van der Waals surface area contributed by atoms with Gasteiger partial charge in [0, 0.05) is 17.7 Å². The summed E-state index contributed by atoms with van der Waals surface area (Å²) in [5.41, 5.74) is 0.845. The molecule has 98 valence electrons. The van der Waals surface area contributed by atoms with Crippen molar-refractivity contribution in [3.05, 3.63) is 33.9 Å². The molecule has 1 N–H and O–H groups in total. The Hall–Kier alpha value is -1.62. The molecule has 1 aromatic carbocycles. The number of nitro benzene ring substituents is 1. The standard InChI is InChI=1S/C13H17NO4/c1-18-13-7-5-11(14(16)17)8-10(13)4-6-12(15)9-2-3-9/h5,7-9,12,15H,2-4,6H2,1H3. The van der Waals surface area contributed by atoms with Gasteiger partial charge in [-0.15, -0.1) is 0 Å². The molecule has 5 heteroatoms. The lowest BCUT2D eigenvalue weighted by Gasteiger charge is -2.11. The third-order valence-corrected chi connectivity index (χ3v) is 3.35. The summed E-state index contributed by atoms with van der Waals surface area (Å²) in [4.78, 5) is 10.3. The number of ether oxygens (including phenoxy) is 1. The highest BCUT2D eigenvalue weighted by Gasteiger charge is 2.29. The second-order valence-corrected chi connectivity index (χ2v) is 4.70. The summed E-state index contributed by atoms with van der Waals surface area (Å²) < 4.78 is 5.18. The number of hydrogen-bond acceptors (Lipinski definition) is 4. The Balaban J connectivity index is 2.07. The number of hydrogen-bond donors (Lipinski definition) is 1. The number of non-ortho nitro benzene ring substituents is 1. The van der Waals surface area contributed by atoms with Crippen molar-refractivity contribution in [1.29, 1.82) is 0 Å². The van der Waals surface area contributed by atoms with Gasteiger partial charge in [0.1, 0.15) is 5.75 Å². The van der Waals surface area contributed by atoms with E-state index in [1.807, 2.05) is 0 Å². The first-order chi connectivity index (χ1) is 8.61. The van der Waals surface area contributed by atoms with Crippen LogP contribution in [-0.4, -0.2) is 23.2 Å². The molecule has 0 aliphatic heterocycles. The van der Waals surface area contributed by atoms with E-state index in [4.69, 9.17) is 4.74 Å². The van der Waals surface area contributed by atoms with Crippen molar-refractivity contribution in [3.8, 4) is 5.75 Å². The maximum Gasteiger partial charge on any atom is 0.269 e. The molecule has 0 aromatic heterocycles. The van der Waals surface area contributed by atoms with Crippen molar-refractivity contribution in [1.82, 2.24) is 0 Å². The van der Waals surface area contributed by atoms with Gasteiger partial charge in [0.15, 0.2) is 0 Å². The van der Waals surface area contributed by atoms with Crippen LogP contribution in [-0.2, 0) is 6.42 Å². The summed E-state index contributed by atoms with van der Waals surface area (Å²) in [6.45, 7) is 0. The normalized spacial score (nSPS) is 16.3. The molecule has 0 spiro atoms. The quantitative estimate of drug-likeness (QED) is 0.622. The van der Waals surface area contributed by atoms with Gasteiger partial charge in [0.2, 0.25) is 0 Å². The van der Waals surface area contributed by atoms with E-state index in [-0.39, 0.29) is 11.8 Å². The molecule has 1 saturated carbocycles. The van der Waals surface area contributed by atoms with Crippen LogP contribution in [0, 0.1) is 16.0 Å². The molecule has 0 heterocycles. The topological polar surface area (TPSA) is 72.6 Å². The Morgan fingerprint density at radius 3 is 2.83 bits per heavy atom. The minimum absolute atomic E-state index is 0.0618. The first-order valence-corrected chi connectivity index (χ1v) is 6.11. The van der Waals surface area contributed by atoms with E-state index in [1.165, 1.54) is 12.1 Å². The molecule has 1 aliphatic carbocycles. The highest BCUT2D eigenvalue weighted by molar-refractivity contribution is 5.43. The zero-order valence-electron chi connectivity index (χ0n) is 10.3. The zero-order valence-corrected chi connectivity index (χ0v) is 10.3. The molecular weight excluding hydrogens is 234 g/mol. The zero-order chi connectivity index (χ0) is 13.1. The molecule has 0 saturated heterocycles. The van der Waals surface area contributed by atoms with Gasteiger partial charge in [0.05, 0.1) is 18.1 Å². The number of methoxy groups -OCH3 is 1. The second kappa shape index (κ2) is 5.35. The molecule has 1 atom stereocenters. The molecular formula is C13H17NO4. The van der Waals surface area contributed by atoms with Gasteiger partial charge in [-0.2, -0.15) is 0 Å². The van der Waals surface area contributed by atoms with Gasteiger partial charge < -0.3 is 9.84 Å². The van der Waals surface area contributed by atoms with Crippen molar-refractivity contribution in [2.75, 3.05) is 7.11 Å². The molecule has 5 nitrogen and oxygen atoms in total. The monoisotopic (exact) mass is 251 g/mol. The fourth-order valence-electron chi connectivity index (χ4n) is 2.09. The molecule has 0 amide bonds. The van der Waals surface area contributed by atoms with Crippen molar-refractivity contribution in [2.24, 2.45) is 5.92 Å². The molecule has 1 unspecified atom stereocenters. The Labute approximate surface area is 106 Å². The third kappa shape index (κ3) is 2.98. The van der Waals surface area contributed by atoms with Crippen LogP contribution in [0.15, 0.2) is 18.2 Å². The number of rotatable bonds is 6. The van der Waals surface area contributed by atoms with Crippen LogP contribution >= 0.6 is 0 Å². The van der Waals surface area contributed by atoms with E-state index in [9.17, 15) is 15.2 Å². The van der Waals surface area contributed by atoms with E-state index < -0.39 is 4.92 Å². The number of benzene rings is 1. The summed E-state index contributed by atoms with van der Waals surface area (Å²) in [6, 6.07) is 4.56.